The number of esters is 2. The van der Waals surface area contributed by atoms with Crippen LogP contribution in [0.2, 0.25) is 0 Å². The average molecular weight is 659 g/mol. The molecule has 0 aliphatic rings. The SMILES string of the molecule is O=C(C[C@H](NC(O)N[C@@H](CCOOCc1ccccc1)COOCc1ccccc1)C(=O)OCc1ccccc1)OCc1ccccc1. The largest absolute Gasteiger partial charge is 0.461 e. The zero-order valence-electron chi connectivity index (χ0n) is 26.6. The van der Waals surface area contributed by atoms with Gasteiger partial charge in [-0.15, -0.1) is 0 Å². The van der Waals surface area contributed by atoms with E-state index in [2.05, 4.69) is 10.6 Å². The van der Waals surface area contributed by atoms with Crippen molar-refractivity contribution < 1.29 is 43.7 Å². The van der Waals surface area contributed by atoms with Crippen molar-refractivity contribution in [2.45, 2.75) is 57.7 Å². The van der Waals surface area contributed by atoms with Crippen LogP contribution < -0.4 is 10.6 Å². The molecule has 0 aliphatic heterocycles. The smallest absolute Gasteiger partial charge is 0.324 e. The first-order chi connectivity index (χ1) is 23.5. The Morgan fingerprint density at radius 1 is 0.562 bits per heavy atom. The zero-order valence-corrected chi connectivity index (χ0v) is 26.6. The van der Waals surface area contributed by atoms with Crippen LogP contribution in [0.4, 0.5) is 0 Å². The summed E-state index contributed by atoms with van der Waals surface area (Å²) >= 11 is 0. The van der Waals surface area contributed by atoms with Gasteiger partial charge in [0.1, 0.15) is 32.5 Å². The number of aliphatic hydroxyl groups is 1. The summed E-state index contributed by atoms with van der Waals surface area (Å²) in [4.78, 5) is 47.4. The fraction of sp³-hybridized carbons (Fsp3) is 0.297. The third kappa shape index (κ3) is 14.5. The average Bonchev–Trinajstić information content (AvgIpc) is 3.12. The van der Waals surface area contributed by atoms with Crippen molar-refractivity contribution >= 4 is 11.9 Å². The molecule has 0 saturated carbocycles. The molecule has 0 fully saturated rings. The van der Waals surface area contributed by atoms with Crippen molar-refractivity contribution in [3.8, 4) is 0 Å². The summed E-state index contributed by atoms with van der Waals surface area (Å²) in [6.07, 6.45) is -1.49. The molecule has 254 valence electrons. The molecule has 0 aliphatic carbocycles. The summed E-state index contributed by atoms with van der Waals surface area (Å²) < 4.78 is 10.9. The molecule has 48 heavy (non-hydrogen) atoms. The van der Waals surface area contributed by atoms with Gasteiger partial charge in [0.25, 0.3) is 0 Å². The van der Waals surface area contributed by atoms with E-state index in [0.717, 1.165) is 22.3 Å². The van der Waals surface area contributed by atoms with E-state index in [9.17, 15) is 14.7 Å². The monoisotopic (exact) mass is 658 g/mol. The fourth-order valence-corrected chi connectivity index (χ4v) is 4.43. The lowest BCUT2D eigenvalue weighted by atomic mass is 10.2. The predicted molar refractivity (Wildman–Crippen MR) is 176 cm³/mol. The standard InChI is InChI=1S/C37H42N2O9/c40-35(43-24-29-13-5-1-6-14-29)23-34(36(41)44-25-30-15-7-2-8-16-30)39-37(42)38-33(28-48-47-27-32-19-11-4-12-20-32)21-22-45-46-26-31-17-9-3-10-18-31/h1-20,33-34,37-39,42H,21-28H2/t33-,34-,37?/m0/s1. The molecule has 11 heteroatoms. The van der Waals surface area contributed by atoms with Crippen LogP contribution in [0, 0.1) is 0 Å². The van der Waals surface area contributed by atoms with Gasteiger partial charge in [-0.1, -0.05) is 121 Å². The van der Waals surface area contributed by atoms with E-state index in [4.69, 9.17) is 29.0 Å². The number of benzene rings is 4. The van der Waals surface area contributed by atoms with Crippen LogP contribution in [0.25, 0.3) is 0 Å². The number of carbonyl (C=O) groups excluding carboxylic acids is 2. The highest BCUT2D eigenvalue weighted by Crippen LogP contribution is 2.09. The molecule has 0 spiro atoms. The van der Waals surface area contributed by atoms with E-state index >= 15 is 0 Å². The van der Waals surface area contributed by atoms with Gasteiger partial charge >= 0.3 is 11.9 Å². The maximum atomic E-state index is 13.1. The second-order valence-electron chi connectivity index (χ2n) is 10.8. The Bertz CT molecular complexity index is 1450. The van der Waals surface area contributed by atoms with E-state index in [1.165, 1.54) is 0 Å². The first-order valence-corrected chi connectivity index (χ1v) is 15.7. The Morgan fingerprint density at radius 2 is 1.02 bits per heavy atom. The fourth-order valence-electron chi connectivity index (χ4n) is 4.43. The molecule has 3 atom stereocenters. The number of nitrogens with one attached hydrogen (secondary N) is 2. The first kappa shape index (κ1) is 36.4. The molecule has 4 rings (SSSR count). The Kier molecular flexibility index (Phi) is 16.2. The lowest BCUT2D eigenvalue weighted by Crippen LogP contribution is -2.55. The first-order valence-electron chi connectivity index (χ1n) is 15.7. The highest BCUT2D eigenvalue weighted by Gasteiger charge is 2.28. The summed E-state index contributed by atoms with van der Waals surface area (Å²) in [6.45, 7) is 0.721. The Labute approximate surface area is 280 Å². The van der Waals surface area contributed by atoms with Gasteiger partial charge in [-0.25, -0.2) is 19.6 Å². The van der Waals surface area contributed by atoms with Crippen LogP contribution in [0.3, 0.4) is 0 Å². The molecule has 11 nitrogen and oxygen atoms in total. The highest BCUT2D eigenvalue weighted by atomic mass is 17.2. The number of ether oxygens (including phenoxy) is 2. The van der Waals surface area contributed by atoms with Crippen molar-refractivity contribution in [3.05, 3.63) is 144 Å². The minimum absolute atomic E-state index is 0.00399. The molecule has 0 saturated heterocycles. The number of hydrogen-bond acceptors (Lipinski definition) is 11. The van der Waals surface area contributed by atoms with Gasteiger partial charge in [-0.05, 0) is 28.7 Å². The maximum absolute atomic E-state index is 13.1. The molecule has 4 aromatic carbocycles. The van der Waals surface area contributed by atoms with Gasteiger partial charge < -0.3 is 14.6 Å². The lowest BCUT2D eigenvalue weighted by Gasteiger charge is -2.26. The van der Waals surface area contributed by atoms with Crippen molar-refractivity contribution in [2.24, 2.45) is 0 Å². The van der Waals surface area contributed by atoms with Crippen LogP contribution in [0.1, 0.15) is 35.1 Å². The molecule has 1 unspecified atom stereocenters. The van der Waals surface area contributed by atoms with Gasteiger partial charge in [-0.2, -0.15) is 0 Å². The minimum Gasteiger partial charge on any atom is -0.461 e. The van der Waals surface area contributed by atoms with Crippen LogP contribution in [0.15, 0.2) is 121 Å². The molecule has 3 N–H and O–H groups in total. The van der Waals surface area contributed by atoms with Gasteiger partial charge in [0.05, 0.1) is 19.6 Å². The van der Waals surface area contributed by atoms with Crippen molar-refractivity contribution in [1.82, 2.24) is 10.6 Å². The van der Waals surface area contributed by atoms with E-state index in [-0.39, 0.29) is 46.1 Å². The Balaban J connectivity index is 1.32. The topological polar surface area (TPSA) is 134 Å². The second kappa shape index (κ2) is 21.4. The molecule has 4 aromatic rings. The summed E-state index contributed by atoms with van der Waals surface area (Å²) in [5.41, 5.74) is 3.46. The van der Waals surface area contributed by atoms with Crippen molar-refractivity contribution in [3.63, 3.8) is 0 Å². The predicted octanol–water partition coefficient (Wildman–Crippen LogP) is 4.74. The van der Waals surface area contributed by atoms with Gasteiger partial charge in [0.15, 0.2) is 6.35 Å². The van der Waals surface area contributed by atoms with Gasteiger partial charge in [-0.3, -0.25) is 20.2 Å². The molecule has 0 aromatic heterocycles. The van der Waals surface area contributed by atoms with Crippen molar-refractivity contribution in [2.75, 3.05) is 13.2 Å². The number of rotatable bonds is 22. The van der Waals surface area contributed by atoms with Crippen LogP contribution in [-0.2, 0) is 65.0 Å². The molecule has 0 bridgehead atoms. The molecular weight excluding hydrogens is 616 g/mol. The quantitative estimate of drug-likeness (QED) is 0.0356. The zero-order chi connectivity index (χ0) is 33.7. The lowest BCUT2D eigenvalue weighted by molar-refractivity contribution is -0.316. The number of carbonyl (C=O) groups is 2. The van der Waals surface area contributed by atoms with Crippen LogP contribution >= 0.6 is 0 Å². The van der Waals surface area contributed by atoms with E-state index in [1.807, 2.05) is 121 Å². The normalized spacial score (nSPS) is 12.9. The minimum atomic E-state index is -1.45. The van der Waals surface area contributed by atoms with Gasteiger partial charge in [0.2, 0.25) is 0 Å². The summed E-state index contributed by atoms with van der Waals surface area (Å²) in [5, 5.41) is 16.7. The van der Waals surface area contributed by atoms with E-state index in [0.29, 0.717) is 6.42 Å². The van der Waals surface area contributed by atoms with E-state index in [1.54, 1.807) is 0 Å². The third-order valence-electron chi connectivity index (χ3n) is 7.00. The summed E-state index contributed by atoms with van der Waals surface area (Å²) in [5.74, 6) is -1.37. The summed E-state index contributed by atoms with van der Waals surface area (Å²) in [6, 6.07) is 35.7. The van der Waals surface area contributed by atoms with E-state index < -0.39 is 30.4 Å². The Hall–Kier alpha value is -4.46. The van der Waals surface area contributed by atoms with Gasteiger partial charge in [0, 0.05) is 6.04 Å². The molecular formula is C37H42N2O9. The highest BCUT2D eigenvalue weighted by molar-refractivity contribution is 5.82. The van der Waals surface area contributed by atoms with Crippen molar-refractivity contribution in [1.29, 1.82) is 0 Å². The number of aliphatic hydroxyl groups excluding tert-OH is 1. The molecule has 0 amide bonds. The molecule has 0 radical (unpaired) electrons. The maximum Gasteiger partial charge on any atom is 0.324 e. The molecule has 0 heterocycles. The van der Waals surface area contributed by atoms with Crippen LogP contribution in [-0.4, -0.2) is 48.7 Å². The second-order valence-corrected chi connectivity index (χ2v) is 10.8. The number of hydrogen-bond donors (Lipinski definition) is 3. The Morgan fingerprint density at radius 3 is 1.54 bits per heavy atom. The summed E-state index contributed by atoms with van der Waals surface area (Å²) in [7, 11) is 0. The van der Waals surface area contributed by atoms with Crippen LogP contribution in [0.5, 0.6) is 0 Å². The third-order valence-corrected chi connectivity index (χ3v) is 7.00.